The van der Waals surface area contributed by atoms with E-state index in [-0.39, 0.29) is 26.6 Å². The minimum absolute atomic E-state index is 0.0610. The molecule has 2 aromatic rings. The van der Waals surface area contributed by atoms with Crippen LogP contribution in [-0.2, 0) is 9.53 Å². The van der Waals surface area contributed by atoms with Gasteiger partial charge in [0.2, 0.25) is 0 Å². The number of anilines is 3. The van der Waals surface area contributed by atoms with Gasteiger partial charge in [0, 0.05) is 24.5 Å². The van der Waals surface area contributed by atoms with Crippen molar-refractivity contribution in [1.29, 1.82) is 0 Å². The van der Waals surface area contributed by atoms with E-state index in [0.29, 0.717) is 5.69 Å². The molecular weight excluding hydrogens is 427 g/mol. The van der Waals surface area contributed by atoms with Gasteiger partial charge in [-0.05, 0) is 38.1 Å². The highest BCUT2D eigenvalue weighted by Crippen LogP contribution is 2.34. The normalized spacial score (nSPS) is 10.5. The van der Waals surface area contributed by atoms with Crippen molar-refractivity contribution < 1.29 is 14.3 Å². The maximum Gasteiger partial charge on any atom is 0.359 e. The summed E-state index contributed by atoms with van der Waals surface area (Å²) >= 11 is 17.5. The van der Waals surface area contributed by atoms with Crippen LogP contribution in [0.15, 0.2) is 24.3 Å². The lowest BCUT2D eigenvalue weighted by Crippen LogP contribution is -2.22. The first-order chi connectivity index (χ1) is 13.3. The number of nitrogens with zero attached hydrogens (tertiary/aromatic N) is 2. The SMILES string of the molecule is CCN(CC)c1ccc(NC(=O)COC(=O)c2nc(Cl)c(Cl)c(N)c2Cl)cc1. The van der Waals surface area contributed by atoms with Crippen molar-refractivity contribution in [1.82, 2.24) is 4.98 Å². The fraction of sp³-hybridized carbons (Fsp3) is 0.278. The number of pyridine rings is 1. The molecule has 0 radical (unpaired) electrons. The molecule has 150 valence electrons. The molecule has 2 rings (SSSR count). The van der Waals surface area contributed by atoms with Crippen molar-refractivity contribution >= 4 is 63.7 Å². The van der Waals surface area contributed by atoms with Crippen LogP contribution in [0.5, 0.6) is 0 Å². The van der Waals surface area contributed by atoms with E-state index < -0.39 is 18.5 Å². The number of carbonyl (C=O) groups is 2. The van der Waals surface area contributed by atoms with Gasteiger partial charge in [-0.2, -0.15) is 0 Å². The molecule has 0 saturated heterocycles. The second kappa shape index (κ2) is 9.82. The van der Waals surface area contributed by atoms with Gasteiger partial charge >= 0.3 is 5.97 Å². The topological polar surface area (TPSA) is 97.5 Å². The summed E-state index contributed by atoms with van der Waals surface area (Å²) in [5.74, 6) is -1.46. The first kappa shape index (κ1) is 22.1. The Hall–Kier alpha value is -2.22. The standard InChI is InChI=1S/C18H19Cl3N4O3/c1-3-25(4-2)11-7-5-10(6-8-11)23-12(26)9-28-18(27)16-13(19)15(22)14(20)17(21)24-16/h5-8H,3-4,9H2,1-2H3,(H2,22,24)(H,23,26). The highest BCUT2D eigenvalue weighted by atomic mass is 35.5. The van der Waals surface area contributed by atoms with Gasteiger partial charge in [-0.25, -0.2) is 9.78 Å². The van der Waals surface area contributed by atoms with E-state index in [1.807, 2.05) is 12.1 Å². The number of nitrogen functional groups attached to an aromatic ring is 1. The molecule has 0 aliphatic carbocycles. The monoisotopic (exact) mass is 444 g/mol. The molecular formula is C18H19Cl3N4O3. The molecule has 0 unspecified atom stereocenters. The van der Waals surface area contributed by atoms with Crippen LogP contribution in [0, 0.1) is 0 Å². The summed E-state index contributed by atoms with van der Waals surface area (Å²) < 4.78 is 4.93. The van der Waals surface area contributed by atoms with Gasteiger partial charge in [0.25, 0.3) is 5.91 Å². The number of esters is 1. The summed E-state index contributed by atoms with van der Waals surface area (Å²) in [7, 11) is 0. The Morgan fingerprint density at radius 3 is 2.29 bits per heavy atom. The summed E-state index contributed by atoms with van der Waals surface area (Å²) in [6.07, 6.45) is 0. The molecule has 0 spiro atoms. The van der Waals surface area contributed by atoms with Gasteiger partial charge in [0.15, 0.2) is 17.5 Å². The van der Waals surface area contributed by atoms with E-state index in [1.165, 1.54) is 0 Å². The molecule has 0 bridgehead atoms. The Morgan fingerprint density at radius 2 is 1.71 bits per heavy atom. The third kappa shape index (κ3) is 5.19. The minimum atomic E-state index is -0.942. The van der Waals surface area contributed by atoms with Crippen LogP contribution in [0.4, 0.5) is 17.1 Å². The van der Waals surface area contributed by atoms with Gasteiger partial charge in [-0.3, -0.25) is 4.79 Å². The quantitative estimate of drug-likeness (QED) is 0.488. The largest absolute Gasteiger partial charge is 0.451 e. The van der Waals surface area contributed by atoms with Crippen LogP contribution in [0.25, 0.3) is 0 Å². The fourth-order valence-electron chi connectivity index (χ4n) is 2.41. The number of halogens is 3. The number of ether oxygens (including phenoxy) is 1. The van der Waals surface area contributed by atoms with Crippen LogP contribution < -0.4 is 16.0 Å². The van der Waals surface area contributed by atoms with Crippen LogP contribution >= 0.6 is 34.8 Å². The molecule has 7 nitrogen and oxygen atoms in total. The summed E-state index contributed by atoms with van der Waals surface area (Å²) in [5.41, 5.74) is 6.87. The van der Waals surface area contributed by atoms with Gasteiger partial charge in [0.05, 0.1) is 10.7 Å². The third-order valence-electron chi connectivity index (χ3n) is 3.88. The Balaban J connectivity index is 1.96. The molecule has 1 amide bonds. The number of hydrogen-bond donors (Lipinski definition) is 2. The Bertz CT molecular complexity index is 871. The lowest BCUT2D eigenvalue weighted by molar-refractivity contribution is -0.119. The highest BCUT2D eigenvalue weighted by Gasteiger charge is 2.21. The molecule has 3 N–H and O–H groups in total. The lowest BCUT2D eigenvalue weighted by atomic mass is 10.2. The number of carbonyl (C=O) groups excluding carboxylic acids is 2. The van der Waals surface area contributed by atoms with Crippen molar-refractivity contribution in [3.8, 4) is 0 Å². The Kier molecular flexibility index (Phi) is 7.74. The lowest BCUT2D eigenvalue weighted by Gasteiger charge is -2.21. The first-order valence-corrected chi connectivity index (χ1v) is 9.53. The zero-order valence-electron chi connectivity index (χ0n) is 15.3. The van der Waals surface area contributed by atoms with Crippen molar-refractivity contribution in [2.45, 2.75) is 13.8 Å². The third-order valence-corrected chi connectivity index (χ3v) is 5.01. The number of hydrogen-bond acceptors (Lipinski definition) is 6. The zero-order valence-corrected chi connectivity index (χ0v) is 17.5. The molecule has 0 aliphatic heterocycles. The van der Waals surface area contributed by atoms with Crippen LogP contribution in [0.3, 0.4) is 0 Å². The molecule has 28 heavy (non-hydrogen) atoms. The predicted octanol–water partition coefficient (Wildman–Crippen LogP) is 4.27. The Labute approximate surface area is 177 Å². The average molecular weight is 446 g/mol. The van der Waals surface area contributed by atoms with Gasteiger partial charge in [-0.1, -0.05) is 34.8 Å². The van der Waals surface area contributed by atoms with Crippen molar-refractivity contribution in [3.05, 3.63) is 45.2 Å². The number of amides is 1. The van der Waals surface area contributed by atoms with E-state index in [4.69, 9.17) is 45.3 Å². The summed E-state index contributed by atoms with van der Waals surface area (Å²) in [5, 5.41) is 2.20. The molecule has 0 fully saturated rings. The molecule has 10 heteroatoms. The maximum absolute atomic E-state index is 12.1. The highest BCUT2D eigenvalue weighted by molar-refractivity contribution is 6.46. The fourth-order valence-corrected chi connectivity index (χ4v) is 2.99. The number of aromatic nitrogens is 1. The van der Waals surface area contributed by atoms with Gasteiger partial charge in [0.1, 0.15) is 5.02 Å². The maximum atomic E-state index is 12.1. The first-order valence-electron chi connectivity index (χ1n) is 8.40. The summed E-state index contributed by atoms with van der Waals surface area (Å²) in [4.78, 5) is 30.1. The van der Waals surface area contributed by atoms with E-state index >= 15 is 0 Å². The zero-order chi connectivity index (χ0) is 20.8. The molecule has 0 atom stereocenters. The summed E-state index contributed by atoms with van der Waals surface area (Å²) in [6.45, 7) is 5.36. The molecule has 1 aromatic carbocycles. The van der Waals surface area contributed by atoms with Crippen LogP contribution in [-0.4, -0.2) is 36.6 Å². The van der Waals surface area contributed by atoms with Gasteiger partial charge < -0.3 is 20.7 Å². The molecule has 1 aromatic heterocycles. The summed E-state index contributed by atoms with van der Waals surface area (Å²) in [6, 6.07) is 7.34. The van der Waals surface area contributed by atoms with E-state index in [1.54, 1.807) is 12.1 Å². The second-order valence-electron chi connectivity index (χ2n) is 5.64. The van der Waals surface area contributed by atoms with E-state index in [0.717, 1.165) is 18.8 Å². The van der Waals surface area contributed by atoms with E-state index in [2.05, 4.69) is 29.0 Å². The minimum Gasteiger partial charge on any atom is -0.451 e. The Morgan fingerprint density at radius 1 is 1.11 bits per heavy atom. The average Bonchev–Trinajstić information content (AvgIpc) is 2.69. The van der Waals surface area contributed by atoms with Gasteiger partial charge in [-0.15, -0.1) is 0 Å². The second-order valence-corrected chi connectivity index (χ2v) is 6.75. The van der Waals surface area contributed by atoms with Crippen LogP contribution in [0.2, 0.25) is 15.2 Å². The molecule has 0 saturated carbocycles. The number of nitrogens with two attached hydrogens (primary N) is 1. The van der Waals surface area contributed by atoms with E-state index in [9.17, 15) is 9.59 Å². The van der Waals surface area contributed by atoms with Crippen molar-refractivity contribution in [2.24, 2.45) is 0 Å². The molecule has 1 heterocycles. The number of nitrogens with one attached hydrogen (secondary N) is 1. The number of benzene rings is 1. The smallest absolute Gasteiger partial charge is 0.359 e. The number of rotatable bonds is 7. The van der Waals surface area contributed by atoms with Crippen LogP contribution in [0.1, 0.15) is 24.3 Å². The predicted molar refractivity (Wildman–Crippen MR) is 113 cm³/mol. The van der Waals surface area contributed by atoms with Crippen molar-refractivity contribution in [2.75, 3.05) is 35.6 Å². The van der Waals surface area contributed by atoms with Crippen molar-refractivity contribution in [3.63, 3.8) is 0 Å². The molecule has 0 aliphatic rings.